The van der Waals surface area contributed by atoms with Crippen molar-refractivity contribution in [2.24, 2.45) is 0 Å². The maximum atomic E-state index is 12.1. The topological polar surface area (TPSA) is 58.2 Å². The molecular weight excluding hydrogens is 284 g/mol. The number of hydrogen-bond donors (Lipinski definition) is 2. The standard InChI is InChI=1S/C13H19ClN2O2S/c1-3-15-12-6-5-10(14)9-11(12)13(17)16-7-8-19(18)4-2/h5-6,9,15H,3-4,7-8H2,1-2H3,(H,16,17). The Kier molecular flexibility index (Phi) is 6.87. The summed E-state index contributed by atoms with van der Waals surface area (Å²) in [4.78, 5) is 12.1. The van der Waals surface area contributed by atoms with Crippen molar-refractivity contribution in [2.75, 3.05) is 29.9 Å². The number of amides is 1. The number of hydrogen-bond acceptors (Lipinski definition) is 3. The number of halogens is 1. The summed E-state index contributed by atoms with van der Waals surface area (Å²) in [5.74, 6) is 0.876. The first-order valence-electron chi connectivity index (χ1n) is 6.25. The van der Waals surface area contributed by atoms with Crippen molar-refractivity contribution in [3.05, 3.63) is 28.8 Å². The van der Waals surface area contributed by atoms with E-state index in [4.69, 9.17) is 11.6 Å². The quantitative estimate of drug-likeness (QED) is 0.812. The van der Waals surface area contributed by atoms with Crippen molar-refractivity contribution in [3.63, 3.8) is 0 Å². The summed E-state index contributed by atoms with van der Waals surface area (Å²) in [6.07, 6.45) is 0. The SMILES string of the molecule is CCNc1ccc(Cl)cc1C(=O)NCCS(=O)CC. The second kappa shape index (κ2) is 8.17. The minimum atomic E-state index is -0.869. The van der Waals surface area contributed by atoms with Gasteiger partial charge in [0, 0.05) is 46.1 Å². The summed E-state index contributed by atoms with van der Waals surface area (Å²) in [6.45, 7) is 4.94. The Labute approximate surface area is 121 Å². The minimum absolute atomic E-state index is 0.202. The highest BCUT2D eigenvalue weighted by molar-refractivity contribution is 7.84. The van der Waals surface area contributed by atoms with E-state index in [2.05, 4.69) is 10.6 Å². The molecule has 0 aliphatic heterocycles. The Morgan fingerprint density at radius 3 is 2.74 bits per heavy atom. The molecule has 19 heavy (non-hydrogen) atoms. The predicted molar refractivity (Wildman–Crippen MR) is 81.5 cm³/mol. The van der Waals surface area contributed by atoms with Gasteiger partial charge in [0.25, 0.3) is 5.91 Å². The summed E-state index contributed by atoms with van der Waals surface area (Å²) in [5, 5.41) is 6.39. The van der Waals surface area contributed by atoms with Crippen LogP contribution in [0.1, 0.15) is 24.2 Å². The number of rotatable bonds is 7. The average molecular weight is 303 g/mol. The lowest BCUT2D eigenvalue weighted by molar-refractivity contribution is 0.0957. The van der Waals surface area contributed by atoms with E-state index in [0.29, 0.717) is 28.6 Å². The zero-order chi connectivity index (χ0) is 14.3. The van der Waals surface area contributed by atoms with Crippen LogP contribution in [0.3, 0.4) is 0 Å². The van der Waals surface area contributed by atoms with E-state index in [0.717, 1.165) is 12.2 Å². The Morgan fingerprint density at radius 2 is 2.11 bits per heavy atom. The monoisotopic (exact) mass is 302 g/mol. The lowest BCUT2D eigenvalue weighted by Gasteiger charge is -2.11. The fourth-order valence-corrected chi connectivity index (χ4v) is 2.36. The lowest BCUT2D eigenvalue weighted by Crippen LogP contribution is -2.28. The molecule has 0 aromatic heterocycles. The molecule has 0 aliphatic carbocycles. The normalized spacial score (nSPS) is 11.9. The smallest absolute Gasteiger partial charge is 0.253 e. The first kappa shape index (κ1) is 16.0. The van der Waals surface area contributed by atoms with Crippen LogP contribution < -0.4 is 10.6 Å². The van der Waals surface area contributed by atoms with Gasteiger partial charge in [-0.2, -0.15) is 0 Å². The van der Waals surface area contributed by atoms with Crippen molar-refractivity contribution in [2.45, 2.75) is 13.8 Å². The molecule has 1 aromatic carbocycles. The van der Waals surface area contributed by atoms with E-state index in [1.807, 2.05) is 13.8 Å². The number of benzene rings is 1. The summed E-state index contributed by atoms with van der Waals surface area (Å²) >= 11 is 5.91. The van der Waals surface area contributed by atoms with Crippen LogP contribution in [0.2, 0.25) is 5.02 Å². The first-order chi connectivity index (χ1) is 9.08. The van der Waals surface area contributed by atoms with Crippen molar-refractivity contribution >= 4 is 34.0 Å². The summed E-state index contributed by atoms with van der Waals surface area (Å²) in [5.41, 5.74) is 1.26. The van der Waals surface area contributed by atoms with Crippen LogP contribution in [0.4, 0.5) is 5.69 Å². The molecule has 1 unspecified atom stereocenters. The van der Waals surface area contributed by atoms with Crippen LogP contribution in [0.25, 0.3) is 0 Å². The van der Waals surface area contributed by atoms with E-state index in [1.165, 1.54) is 0 Å². The van der Waals surface area contributed by atoms with Crippen LogP contribution in [0, 0.1) is 0 Å². The molecule has 2 N–H and O–H groups in total. The van der Waals surface area contributed by atoms with Crippen LogP contribution in [-0.2, 0) is 10.8 Å². The van der Waals surface area contributed by atoms with Crippen LogP contribution in [-0.4, -0.2) is 34.7 Å². The molecule has 4 nitrogen and oxygen atoms in total. The minimum Gasteiger partial charge on any atom is -0.385 e. The third kappa shape index (κ3) is 5.20. The van der Waals surface area contributed by atoms with Gasteiger partial charge < -0.3 is 10.6 Å². The molecule has 0 spiro atoms. The molecule has 106 valence electrons. The molecule has 1 rings (SSSR count). The zero-order valence-corrected chi connectivity index (χ0v) is 12.7. The van der Waals surface area contributed by atoms with Gasteiger partial charge >= 0.3 is 0 Å². The first-order valence-corrected chi connectivity index (χ1v) is 8.11. The highest BCUT2D eigenvalue weighted by Crippen LogP contribution is 2.20. The van der Waals surface area contributed by atoms with Crippen molar-refractivity contribution in [1.29, 1.82) is 0 Å². The average Bonchev–Trinajstić information content (AvgIpc) is 2.40. The molecule has 0 saturated heterocycles. The van der Waals surface area contributed by atoms with Gasteiger partial charge in [-0.3, -0.25) is 9.00 Å². The molecule has 1 atom stereocenters. The van der Waals surface area contributed by atoms with Crippen LogP contribution in [0.5, 0.6) is 0 Å². The van der Waals surface area contributed by atoms with Crippen molar-refractivity contribution in [3.8, 4) is 0 Å². The van der Waals surface area contributed by atoms with Crippen LogP contribution >= 0.6 is 11.6 Å². The Balaban J connectivity index is 2.69. The third-order valence-electron chi connectivity index (χ3n) is 2.53. The zero-order valence-electron chi connectivity index (χ0n) is 11.2. The van der Waals surface area contributed by atoms with Gasteiger partial charge in [-0.1, -0.05) is 18.5 Å². The van der Waals surface area contributed by atoms with E-state index < -0.39 is 10.8 Å². The molecule has 0 radical (unpaired) electrons. The second-order valence-electron chi connectivity index (χ2n) is 3.91. The van der Waals surface area contributed by atoms with E-state index in [1.54, 1.807) is 18.2 Å². The molecule has 1 amide bonds. The number of nitrogens with one attached hydrogen (secondary N) is 2. The van der Waals surface area contributed by atoms with Gasteiger partial charge in [0.15, 0.2) is 0 Å². The number of carbonyl (C=O) groups excluding carboxylic acids is 1. The summed E-state index contributed by atoms with van der Waals surface area (Å²) in [6, 6.07) is 5.15. The van der Waals surface area contributed by atoms with Crippen molar-refractivity contribution < 1.29 is 9.00 Å². The van der Waals surface area contributed by atoms with E-state index in [-0.39, 0.29) is 5.91 Å². The van der Waals surface area contributed by atoms with Gasteiger partial charge in [0.2, 0.25) is 0 Å². The predicted octanol–water partition coefficient (Wildman–Crippen LogP) is 2.27. The third-order valence-corrected chi connectivity index (χ3v) is 4.07. The second-order valence-corrected chi connectivity index (χ2v) is 6.21. The Morgan fingerprint density at radius 1 is 1.37 bits per heavy atom. The molecular formula is C13H19ClN2O2S. The van der Waals surface area contributed by atoms with E-state index in [9.17, 15) is 9.00 Å². The number of anilines is 1. The fourth-order valence-electron chi connectivity index (χ4n) is 1.57. The summed E-state index contributed by atoms with van der Waals surface area (Å²) in [7, 11) is -0.869. The summed E-state index contributed by atoms with van der Waals surface area (Å²) < 4.78 is 11.3. The highest BCUT2D eigenvalue weighted by Gasteiger charge is 2.11. The Hall–Kier alpha value is -1.07. The maximum Gasteiger partial charge on any atom is 0.253 e. The molecule has 0 fully saturated rings. The Bertz CT molecular complexity index is 466. The van der Waals surface area contributed by atoms with Crippen molar-refractivity contribution in [1.82, 2.24) is 5.32 Å². The van der Waals surface area contributed by atoms with Gasteiger partial charge in [-0.15, -0.1) is 0 Å². The molecule has 0 saturated carbocycles. The maximum absolute atomic E-state index is 12.1. The lowest BCUT2D eigenvalue weighted by atomic mass is 10.1. The molecule has 0 aliphatic rings. The van der Waals surface area contributed by atoms with Gasteiger partial charge in [0.05, 0.1) is 5.56 Å². The fraction of sp³-hybridized carbons (Fsp3) is 0.462. The highest BCUT2D eigenvalue weighted by atomic mass is 35.5. The number of carbonyl (C=O) groups is 1. The molecule has 1 aromatic rings. The van der Waals surface area contributed by atoms with Gasteiger partial charge in [0.1, 0.15) is 0 Å². The van der Waals surface area contributed by atoms with Gasteiger partial charge in [-0.05, 0) is 25.1 Å². The van der Waals surface area contributed by atoms with Crippen LogP contribution in [0.15, 0.2) is 18.2 Å². The molecule has 0 bridgehead atoms. The van der Waals surface area contributed by atoms with E-state index >= 15 is 0 Å². The molecule has 0 heterocycles. The van der Waals surface area contributed by atoms with Gasteiger partial charge in [-0.25, -0.2) is 0 Å². The molecule has 6 heteroatoms. The largest absolute Gasteiger partial charge is 0.385 e.